The molecule has 0 heterocycles. The van der Waals surface area contributed by atoms with Crippen LogP contribution in [0.4, 0.5) is 0 Å². The number of carbonyl (C=O) groups excluding carboxylic acids is 1. The minimum absolute atomic E-state index is 0.00322. The van der Waals surface area contributed by atoms with Crippen LogP contribution >= 0.6 is 0 Å². The molecule has 0 aliphatic rings. The maximum Gasteiger partial charge on any atom is 0.251 e. The summed E-state index contributed by atoms with van der Waals surface area (Å²) >= 11 is 0. The van der Waals surface area contributed by atoms with Crippen LogP contribution in [0.1, 0.15) is 50.4 Å². The molecule has 1 atom stereocenters. The first-order valence-corrected chi connectivity index (χ1v) is 7.88. The van der Waals surface area contributed by atoms with Crippen LogP contribution in [0.15, 0.2) is 24.3 Å². The molecule has 0 saturated carbocycles. The van der Waals surface area contributed by atoms with Crippen LogP contribution in [-0.2, 0) is 0 Å². The van der Waals surface area contributed by atoms with Gasteiger partial charge in [-0.3, -0.25) is 4.79 Å². The molecule has 1 unspecified atom stereocenters. The van der Waals surface area contributed by atoms with Crippen molar-refractivity contribution in [3.05, 3.63) is 29.8 Å². The Bertz CT molecular complexity index is 431. The van der Waals surface area contributed by atoms with E-state index in [-0.39, 0.29) is 11.9 Å². The predicted octanol–water partition coefficient (Wildman–Crippen LogP) is 2.97. The van der Waals surface area contributed by atoms with Gasteiger partial charge in [0.1, 0.15) is 5.75 Å². The van der Waals surface area contributed by atoms with Crippen LogP contribution in [0.3, 0.4) is 0 Å². The van der Waals surface area contributed by atoms with Gasteiger partial charge in [-0.25, -0.2) is 0 Å². The lowest BCUT2D eigenvalue weighted by Gasteiger charge is -2.21. The second-order valence-corrected chi connectivity index (χ2v) is 5.33. The fourth-order valence-electron chi connectivity index (χ4n) is 2.32. The van der Waals surface area contributed by atoms with E-state index in [4.69, 9.17) is 10.5 Å². The second kappa shape index (κ2) is 9.40. The monoisotopic (exact) mass is 292 g/mol. The lowest BCUT2D eigenvalue weighted by Crippen LogP contribution is -2.41. The maximum atomic E-state index is 12.2. The summed E-state index contributed by atoms with van der Waals surface area (Å²) in [6.07, 6.45) is 3.02. The highest BCUT2D eigenvalue weighted by Gasteiger charge is 2.15. The quantitative estimate of drug-likeness (QED) is 0.735. The summed E-state index contributed by atoms with van der Waals surface area (Å²) in [6.45, 7) is 7.47. The first-order valence-electron chi connectivity index (χ1n) is 7.88. The minimum atomic E-state index is -0.0987. The first kappa shape index (κ1) is 17.5. The van der Waals surface area contributed by atoms with Crippen molar-refractivity contribution in [2.45, 2.75) is 46.1 Å². The van der Waals surface area contributed by atoms with Gasteiger partial charge < -0.3 is 15.8 Å². The molecular formula is C17H28N2O2. The molecule has 1 rings (SSSR count). The molecule has 1 amide bonds. The van der Waals surface area contributed by atoms with Gasteiger partial charge in [0.25, 0.3) is 5.91 Å². The van der Waals surface area contributed by atoms with Crippen molar-refractivity contribution < 1.29 is 9.53 Å². The van der Waals surface area contributed by atoms with Gasteiger partial charge in [-0.15, -0.1) is 0 Å². The lowest BCUT2D eigenvalue weighted by atomic mass is 9.95. The standard InChI is InChI=1S/C17H28N2O2/c1-4-10-21-15-9-7-8-14(11-15)17(20)19-12-16(18)13(5-2)6-3/h7-9,11,13,16H,4-6,10,12,18H2,1-3H3,(H,19,20). The fourth-order valence-corrected chi connectivity index (χ4v) is 2.32. The van der Waals surface area contributed by atoms with E-state index >= 15 is 0 Å². The smallest absolute Gasteiger partial charge is 0.251 e. The zero-order chi connectivity index (χ0) is 15.7. The number of ether oxygens (including phenoxy) is 1. The van der Waals surface area contributed by atoms with Gasteiger partial charge in [0, 0.05) is 18.2 Å². The van der Waals surface area contributed by atoms with Crippen LogP contribution in [-0.4, -0.2) is 25.1 Å². The molecule has 4 heteroatoms. The Morgan fingerprint density at radius 1 is 1.29 bits per heavy atom. The maximum absolute atomic E-state index is 12.2. The first-order chi connectivity index (χ1) is 10.1. The predicted molar refractivity (Wildman–Crippen MR) is 86.6 cm³/mol. The van der Waals surface area contributed by atoms with Crippen LogP contribution < -0.4 is 15.8 Å². The third kappa shape index (κ3) is 5.76. The molecule has 0 saturated heterocycles. The molecule has 0 radical (unpaired) electrons. The van der Waals surface area contributed by atoms with E-state index in [2.05, 4.69) is 26.1 Å². The zero-order valence-electron chi connectivity index (χ0n) is 13.4. The third-order valence-corrected chi connectivity index (χ3v) is 3.72. The normalized spacial score (nSPS) is 12.2. The van der Waals surface area contributed by atoms with Crippen molar-refractivity contribution in [1.29, 1.82) is 0 Å². The van der Waals surface area contributed by atoms with Gasteiger partial charge in [0.05, 0.1) is 6.61 Å². The highest BCUT2D eigenvalue weighted by molar-refractivity contribution is 5.94. The molecule has 0 aliphatic carbocycles. The number of amides is 1. The van der Waals surface area contributed by atoms with Gasteiger partial charge in [-0.1, -0.05) is 39.7 Å². The minimum Gasteiger partial charge on any atom is -0.494 e. The molecule has 1 aromatic carbocycles. The number of nitrogens with two attached hydrogens (primary N) is 1. The summed E-state index contributed by atoms with van der Waals surface area (Å²) in [5.41, 5.74) is 6.73. The molecule has 3 N–H and O–H groups in total. The van der Waals surface area contributed by atoms with Gasteiger partial charge in [-0.05, 0) is 30.5 Å². The number of nitrogens with one attached hydrogen (secondary N) is 1. The number of hydrogen-bond donors (Lipinski definition) is 2. The summed E-state index contributed by atoms with van der Waals surface area (Å²) in [5.74, 6) is 1.08. The Balaban J connectivity index is 2.55. The number of benzene rings is 1. The molecule has 0 aliphatic heterocycles. The molecule has 0 aromatic heterocycles. The summed E-state index contributed by atoms with van der Waals surface area (Å²) in [4.78, 5) is 12.2. The van der Waals surface area contributed by atoms with Crippen molar-refractivity contribution in [3.63, 3.8) is 0 Å². The number of rotatable bonds is 9. The van der Waals surface area contributed by atoms with Crippen molar-refractivity contribution >= 4 is 5.91 Å². The largest absolute Gasteiger partial charge is 0.494 e. The van der Waals surface area contributed by atoms with Crippen molar-refractivity contribution in [2.24, 2.45) is 11.7 Å². The van der Waals surface area contributed by atoms with Gasteiger partial charge in [-0.2, -0.15) is 0 Å². The molecule has 1 aromatic rings. The molecule has 0 spiro atoms. The van der Waals surface area contributed by atoms with Crippen LogP contribution in [0.25, 0.3) is 0 Å². The molecule has 118 valence electrons. The zero-order valence-corrected chi connectivity index (χ0v) is 13.4. The molecule has 0 bridgehead atoms. The average molecular weight is 292 g/mol. The van der Waals surface area contributed by atoms with Crippen molar-refractivity contribution in [2.75, 3.05) is 13.2 Å². The Kier molecular flexibility index (Phi) is 7.83. The van der Waals surface area contributed by atoms with Crippen LogP contribution in [0.2, 0.25) is 0 Å². The van der Waals surface area contributed by atoms with Crippen molar-refractivity contribution in [3.8, 4) is 5.75 Å². The van der Waals surface area contributed by atoms with Gasteiger partial charge >= 0.3 is 0 Å². The number of hydrogen-bond acceptors (Lipinski definition) is 3. The van der Waals surface area contributed by atoms with E-state index in [0.717, 1.165) is 25.0 Å². The van der Waals surface area contributed by atoms with E-state index in [9.17, 15) is 4.79 Å². The Labute approximate surface area is 128 Å². The fraction of sp³-hybridized carbons (Fsp3) is 0.588. The number of carbonyl (C=O) groups is 1. The van der Waals surface area contributed by atoms with Gasteiger partial charge in [0.2, 0.25) is 0 Å². The highest BCUT2D eigenvalue weighted by atomic mass is 16.5. The Morgan fingerprint density at radius 2 is 2.00 bits per heavy atom. The molecule has 21 heavy (non-hydrogen) atoms. The lowest BCUT2D eigenvalue weighted by molar-refractivity contribution is 0.0947. The van der Waals surface area contributed by atoms with E-state index in [1.807, 2.05) is 12.1 Å². The third-order valence-electron chi connectivity index (χ3n) is 3.72. The summed E-state index contributed by atoms with van der Waals surface area (Å²) in [7, 11) is 0. The van der Waals surface area contributed by atoms with Crippen LogP contribution in [0, 0.1) is 5.92 Å². The topological polar surface area (TPSA) is 64.3 Å². The second-order valence-electron chi connectivity index (χ2n) is 5.33. The molecule has 4 nitrogen and oxygen atoms in total. The SMILES string of the molecule is CCCOc1cccc(C(=O)NCC(N)C(CC)CC)c1. The van der Waals surface area contributed by atoms with E-state index < -0.39 is 0 Å². The molecule has 0 fully saturated rings. The summed E-state index contributed by atoms with van der Waals surface area (Å²) < 4.78 is 5.54. The summed E-state index contributed by atoms with van der Waals surface area (Å²) in [6, 6.07) is 7.26. The van der Waals surface area contributed by atoms with Crippen molar-refractivity contribution in [1.82, 2.24) is 5.32 Å². The van der Waals surface area contributed by atoms with E-state index in [1.54, 1.807) is 12.1 Å². The average Bonchev–Trinajstić information content (AvgIpc) is 2.52. The van der Waals surface area contributed by atoms with E-state index in [0.29, 0.717) is 24.6 Å². The Morgan fingerprint density at radius 3 is 2.62 bits per heavy atom. The van der Waals surface area contributed by atoms with Crippen LogP contribution in [0.5, 0.6) is 5.75 Å². The summed E-state index contributed by atoms with van der Waals surface area (Å²) in [5, 5.41) is 2.91. The Hall–Kier alpha value is -1.55. The van der Waals surface area contributed by atoms with Gasteiger partial charge in [0.15, 0.2) is 0 Å². The molecular weight excluding hydrogens is 264 g/mol. The highest BCUT2D eigenvalue weighted by Crippen LogP contribution is 2.14. The van der Waals surface area contributed by atoms with E-state index in [1.165, 1.54) is 0 Å².